The Morgan fingerprint density at radius 1 is 1.04 bits per heavy atom. The minimum Gasteiger partial charge on any atom is -0.390 e. The minimum absolute atomic E-state index is 0.0407. The highest BCUT2D eigenvalue weighted by molar-refractivity contribution is 6.12. The summed E-state index contributed by atoms with van der Waals surface area (Å²) in [6.07, 6.45) is 1.89. The van der Waals surface area contributed by atoms with Crippen molar-refractivity contribution in [1.29, 1.82) is 0 Å². The zero-order valence-corrected chi connectivity index (χ0v) is 27.7. The van der Waals surface area contributed by atoms with Crippen LogP contribution < -0.4 is 0 Å². The first kappa shape index (κ1) is 29.9. The van der Waals surface area contributed by atoms with Crippen LogP contribution in [0.15, 0.2) is 41.6 Å². The van der Waals surface area contributed by atoms with Crippen LogP contribution in [0.1, 0.15) is 86.3 Å². The van der Waals surface area contributed by atoms with E-state index in [4.69, 9.17) is 9.47 Å². The molecule has 2 saturated heterocycles. The minimum atomic E-state index is -1.70. The summed E-state index contributed by atoms with van der Waals surface area (Å²) in [4.78, 5) is 14.4. The number of benzene rings is 1. The van der Waals surface area contributed by atoms with Crippen LogP contribution in [-0.4, -0.2) is 66.5 Å². The molecule has 3 heterocycles. The van der Waals surface area contributed by atoms with E-state index in [9.17, 15) is 20.1 Å². The molecule has 2 aliphatic heterocycles. The highest BCUT2D eigenvalue weighted by atomic mass is 16.8. The fourth-order valence-electron chi connectivity index (χ4n) is 11.5. The van der Waals surface area contributed by atoms with Gasteiger partial charge in [-0.1, -0.05) is 69.7 Å². The number of rotatable bonds is 4. The number of hydrogen-bond donors (Lipinski definition) is 3. The van der Waals surface area contributed by atoms with E-state index in [1.807, 2.05) is 13.1 Å². The van der Waals surface area contributed by atoms with Gasteiger partial charge in [0, 0.05) is 28.4 Å². The lowest BCUT2D eigenvalue weighted by molar-refractivity contribution is -0.502. The van der Waals surface area contributed by atoms with Crippen LogP contribution in [-0.2, 0) is 19.7 Å². The van der Waals surface area contributed by atoms with E-state index in [1.54, 1.807) is 4.68 Å². The highest BCUT2D eigenvalue weighted by Gasteiger charge is 2.91. The molecule has 9 rings (SSSR count). The SMILES string of the molecule is CC1=C2C(=O)C34C2C1CCC3C12COC4(OC(C)(C)O)C(O)C1C(C)(C)CC(n1cc(-c3ccc(C(C)(C)C)cc3)nn1)C2O. The zero-order valence-electron chi connectivity index (χ0n) is 27.7. The number of nitrogens with zero attached hydrogens (tertiary/aromatic N) is 3. The molecule has 45 heavy (non-hydrogen) atoms. The van der Waals surface area contributed by atoms with Gasteiger partial charge in [-0.2, -0.15) is 0 Å². The van der Waals surface area contributed by atoms with E-state index in [1.165, 1.54) is 19.4 Å². The lowest BCUT2D eigenvalue weighted by atomic mass is 9.25. The van der Waals surface area contributed by atoms with Crippen LogP contribution in [0, 0.1) is 39.9 Å². The topological polar surface area (TPSA) is 127 Å². The maximum Gasteiger partial charge on any atom is 0.211 e. The number of carbonyl (C=O) groups excluding carboxylic acids is 1. The van der Waals surface area contributed by atoms with Crippen molar-refractivity contribution < 1.29 is 29.6 Å². The van der Waals surface area contributed by atoms with Gasteiger partial charge in [0.2, 0.25) is 5.79 Å². The van der Waals surface area contributed by atoms with Crippen LogP contribution in [0.5, 0.6) is 0 Å². The van der Waals surface area contributed by atoms with E-state index in [0.717, 1.165) is 28.8 Å². The van der Waals surface area contributed by atoms with Gasteiger partial charge < -0.3 is 24.8 Å². The van der Waals surface area contributed by atoms with Gasteiger partial charge in [-0.3, -0.25) is 4.79 Å². The van der Waals surface area contributed by atoms with Crippen LogP contribution in [0.2, 0.25) is 0 Å². The Bertz CT molecular complexity index is 1630. The zero-order chi connectivity index (χ0) is 32.3. The van der Waals surface area contributed by atoms with Gasteiger partial charge in [0.25, 0.3) is 0 Å². The van der Waals surface area contributed by atoms with Crippen molar-refractivity contribution in [1.82, 2.24) is 15.0 Å². The normalized spacial score (nSPS) is 42.8. The van der Waals surface area contributed by atoms with Crippen molar-refractivity contribution in [3.05, 3.63) is 47.2 Å². The van der Waals surface area contributed by atoms with Crippen LogP contribution in [0.4, 0.5) is 0 Å². The second-order valence-electron chi connectivity index (χ2n) is 17.2. The Kier molecular flexibility index (Phi) is 5.80. The van der Waals surface area contributed by atoms with Crippen molar-refractivity contribution in [2.45, 2.75) is 110 Å². The quantitative estimate of drug-likeness (QED) is 0.426. The van der Waals surface area contributed by atoms with Gasteiger partial charge in [-0.05, 0) is 68.3 Å². The molecule has 0 radical (unpaired) electrons. The van der Waals surface area contributed by atoms with Gasteiger partial charge in [-0.25, -0.2) is 4.68 Å². The summed E-state index contributed by atoms with van der Waals surface area (Å²) in [7, 11) is 0. The molecule has 9 heteroatoms. The van der Waals surface area contributed by atoms with Gasteiger partial charge in [-0.15, -0.1) is 5.10 Å². The third kappa shape index (κ3) is 3.39. The first-order chi connectivity index (χ1) is 20.9. The Labute approximate surface area is 265 Å². The molecule has 2 bridgehead atoms. The Balaban J connectivity index is 1.23. The molecule has 3 N–H and O–H groups in total. The van der Waals surface area contributed by atoms with Crippen molar-refractivity contribution in [2.24, 2.45) is 39.9 Å². The molecule has 1 aromatic carbocycles. The molecule has 2 aromatic rings. The van der Waals surface area contributed by atoms with Crippen molar-refractivity contribution in [3.8, 4) is 11.3 Å². The molecule has 0 amide bonds. The number of allylic oxidation sites excluding steroid dienone is 2. The fourth-order valence-corrected chi connectivity index (χ4v) is 11.5. The molecule has 2 spiro atoms. The largest absolute Gasteiger partial charge is 0.390 e. The summed E-state index contributed by atoms with van der Waals surface area (Å²) in [6, 6.07) is 7.94. The number of carbonyl (C=O) groups is 1. The number of fused-ring (bicyclic) bond motifs is 1. The summed E-state index contributed by atoms with van der Waals surface area (Å²) >= 11 is 0. The Morgan fingerprint density at radius 2 is 1.73 bits per heavy atom. The molecule has 4 saturated carbocycles. The van der Waals surface area contributed by atoms with E-state index >= 15 is 0 Å². The second-order valence-corrected chi connectivity index (χ2v) is 17.2. The highest BCUT2D eigenvalue weighted by Crippen LogP contribution is 2.83. The molecule has 1 aromatic heterocycles. The lowest BCUT2D eigenvalue weighted by Crippen LogP contribution is -2.91. The summed E-state index contributed by atoms with van der Waals surface area (Å²) in [6.45, 7) is 16.0. The summed E-state index contributed by atoms with van der Waals surface area (Å²) in [5.41, 5.74) is 2.33. The second kappa shape index (κ2) is 8.72. The molecule has 10 atom stereocenters. The molecular formula is C36H47N3O6. The molecule has 5 aliphatic carbocycles. The standard InChI is InChI=1S/C36H47N3O6/c1-18-21-13-14-24-34-17-44-36(45-33(7,8)43,35(24)26(21)25(18)29(35)41)30(42)27(34)32(5,6)15-23(28(34)40)39-16-22(37-38-39)19-9-11-20(12-10-19)31(2,3)4/h9-12,16,21,23-24,26-28,30,40,42-43H,13-15,17H2,1-8H3. The van der Waals surface area contributed by atoms with Crippen molar-refractivity contribution in [3.63, 3.8) is 0 Å². The molecule has 242 valence electrons. The van der Waals surface area contributed by atoms with Crippen LogP contribution in [0.3, 0.4) is 0 Å². The predicted molar refractivity (Wildman–Crippen MR) is 165 cm³/mol. The monoisotopic (exact) mass is 617 g/mol. The molecule has 9 nitrogen and oxygen atoms in total. The molecule has 6 fully saturated rings. The summed E-state index contributed by atoms with van der Waals surface area (Å²) < 4.78 is 14.9. The summed E-state index contributed by atoms with van der Waals surface area (Å²) in [5, 5.41) is 45.3. The number of hydrogen-bond acceptors (Lipinski definition) is 8. The first-order valence-electron chi connectivity index (χ1n) is 16.6. The maximum absolute atomic E-state index is 14.4. The van der Waals surface area contributed by atoms with E-state index in [2.05, 4.69) is 69.2 Å². The van der Waals surface area contributed by atoms with E-state index in [-0.39, 0.29) is 35.6 Å². The van der Waals surface area contributed by atoms with Gasteiger partial charge in [0.15, 0.2) is 11.6 Å². The predicted octanol–water partition coefficient (Wildman–Crippen LogP) is 4.56. The average Bonchev–Trinajstić information content (AvgIpc) is 3.43. The van der Waals surface area contributed by atoms with E-state index < -0.39 is 52.0 Å². The van der Waals surface area contributed by atoms with Gasteiger partial charge in [0.1, 0.15) is 17.2 Å². The Morgan fingerprint density at radius 3 is 2.38 bits per heavy atom. The van der Waals surface area contributed by atoms with Crippen LogP contribution >= 0.6 is 0 Å². The number of aromatic nitrogens is 3. The third-order valence-corrected chi connectivity index (χ3v) is 13.0. The average molecular weight is 618 g/mol. The Hall–Kier alpha value is -2.43. The van der Waals surface area contributed by atoms with Crippen LogP contribution in [0.25, 0.3) is 11.3 Å². The maximum atomic E-state index is 14.4. The molecular weight excluding hydrogens is 570 g/mol. The number of aliphatic hydroxyl groups excluding tert-OH is 2. The number of ketones is 1. The molecule has 10 unspecified atom stereocenters. The van der Waals surface area contributed by atoms with Crippen molar-refractivity contribution >= 4 is 5.78 Å². The lowest BCUT2D eigenvalue weighted by Gasteiger charge is -2.82. The summed E-state index contributed by atoms with van der Waals surface area (Å²) in [5.74, 6) is -4.00. The smallest absolute Gasteiger partial charge is 0.211 e. The number of ether oxygens (including phenoxy) is 2. The fraction of sp³-hybridized carbons (Fsp3) is 0.694. The van der Waals surface area contributed by atoms with Gasteiger partial charge >= 0.3 is 0 Å². The number of Topliss-reactive ketones (excluding diaryl/α,β-unsaturated/α-hetero) is 1. The third-order valence-electron chi connectivity index (χ3n) is 13.0. The van der Waals surface area contributed by atoms with Gasteiger partial charge in [0.05, 0.1) is 24.9 Å². The van der Waals surface area contributed by atoms with Crippen molar-refractivity contribution in [2.75, 3.05) is 6.61 Å². The molecule has 7 aliphatic rings. The number of aliphatic hydroxyl groups is 3. The van der Waals surface area contributed by atoms with E-state index in [0.29, 0.717) is 12.8 Å². The first-order valence-corrected chi connectivity index (χ1v) is 16.6.